The lowest BCUT2D eigenvalue weighted by Crippen LogP contribution is -2.31. The van der Waals surface area contributed by atoms with Gasteiger partial charge in [-0.3, -0.25) is 4.79 Å². The topological polar surface area (TPSA) is 106 Å². The highest BCUT2D eigenvalue weighted by atomic mass is 16.3. The van der Waals surface area contributed by atoms with Gasteiger partial charge in [0.25, 0.3) is 0 Å². The molecular weight excluding hydrogens is 258 g/mol. The molecule has 7 heteroatoms. The van der Waals surface area contributed by atoms with Gasteiger partial charge >= 0.3 is 0 Å². The molecule has 0 saturated heterocycles. The Bertz CT molecular complexity index is 555. The van der Waals surface area contributed by atoms with Gasteiger partial charge in [0.05, 0.1) is 18.0 Å². The maximum Gasteiger partial charge on any atom is 0.241 e. The highest BCUT2D eigenvalue weighted by Crippen LogP contribution is 2.10. The highest BCUT2D eigenvalue weighted by Gasteiger charge is 2.10. The van der Waals surface area contributed by atoms with Gasteiger partial charge < -0.3 is 16.2 Å². The van der Waals surface area contributed by atoms with Crippen LogP contribution in [0.5, 0.6) is 0 Å². The van der Waals surface area contributed by atoms with Gasteiger partial charge in [-0.05, 0) is 5.56 Å². The third-order valence-electron chi connectivity index (χ3n) is 2.78. The normalized spacial score (nSPS) is 12.1. The zero-order valence-corrected chi connectivity index (χ0v) is 10.9. The fourth-order valence-electron chi connectivity index (χ4n) is 1.72. The Hall–Kier alpha value is -2.25. The van der Waals surface area contributed by atoms with E-state index in [-0.39, 0.29) is 25.5 Å². The third-order valence-corrected chi connectivity index (χ3v) is 2.78. The summed E-state index contributed by atoms with van der Waals surface area (Å²) in [7, 11) is 0. The molecule has 20 heavy (non-hydrogen) atoms. The lowest BCUT2D eigenvalue weighted by Gasteiger charge is -2.12. The van der Waals surface area contributed by atoms with E-state index >= 15 is 0 Å². The minimum absolute atomic E-state index is 0.0501. The van der Waals surface area contributed by atoms with Crippen molar-refractivity contribution in [2.24, 2.45) is 5.73 Å². The predicted octanol–water partition coefficient (Wildman–Crippen LogP) is -0.413. The summed E-state index contributed by atoms with van der Waals surface area (Å²) in [5.41, 5.74) is 6.80. The summed E-state index contributed by atoms with van der Waals surface area (Å²) in [5, 5.41) is 20.1. The SMILES string of the molecule is NCc1cn(CC(=O)NCC(O)c2ccccc2)nn1. The number of hydrogen-bond donors (Lipinski definition) is 3. The van der Waals surface area contributed by atoms with Gasteiger partial charge in [0, 0.05) is 13.1 Å². The van der Waals surface area contributed by atoms with Crippen LogP contribution in [0.25, 0.3) is 0 Å². The minimum Gasteiger partial charge on any atom is -0.387 e. The van der Waals surface area contributed by atoms with Crippen molar-refractivity contribution in [1.82, 2.24) is 20.3 Å². The average molecular weight is 275 g/mol. The number of nitrogens with one attached hydrogen (secondary N) is 1. The Kier molecular flexibility index (Phi) is 4.80. The molecule has 1 amide bonds. The van der Waals surface area contributed by atoms with Crippen molar-refractivity contribution in [2.75, 3.05) is 6.54 Å². The van der Waals surface area contributed by atoms with Crippen LogP contribution in [0.15, 0.2) is 36.5 Å². The summed E-state index contributed by atoms with van der Waals surface area (Å²) >= 11 is 0. The largest absolute Gasteiger partial charge is 0.387 e. The lowest BCUT2D eigenvalue weighted by atomic mass is 10.1. The molecule has 1 aromatic heterocycles. The quantitative estimate of drug-likeness (QED) is 0.664. The molecule has 2 aromatic rings. The number of benzene rings is 1. The Morgan fingerprint density at radius 1 is 1.40 bits per heavy atom. The summed E-state index contributed by atoms with van der Waals surface area (Å²) < 4.78 is 1.41. The maximum absolute atomic E-state index is 11.7. The van der Waals surface area contributed by atoms with E-state index in [0.717, 1.165) is 5.56 Å². The monoisotopic (exact) mass is 275 g/mol. The molecule has 1 heterocycles. The molecular formula is C13H17N5O2. The van der Waals surface area contributed by atoms with Crippen molar-refractivity contribution in [2.45, 2.75) is 19.2 Å². The first kappa shape index (κ1) is 14.2. The Balaban J connectivity index is 1.80. The van der Waals surface area contributed by atoms with Gasteiger partial charge in [0.1, 0.15) is 6.54 Å². The molecule has 106 valence electrons. The summed E-state index contributed by atoms with van der Waals surface area (Å²) in [6, 6.07) is 9.16. The number of aliphatic hydroxyl groups excluding tert-OH is 1. The average Bonchev–Trinajstić information content (AvgIpc) is 2.93. The summed E-state index contributed by atoms with van der Waals surface area (Å²) in [6.07, 6.45) is 0.892. The van der Waals surface area contributed by atoms with Crippen molar-refractivity contribution in [3.8, 4) is 0 Å². The fourth-order valence-corrected chi connectivity index (χ4v) is 1.72. The Morgan fingerprint density at radius 2 is 2.15 bits per heavy atom. The number of nitrogens with zero attached hydrogens (tertiary/aromatic N) is 3. The predicted molar refractivity (Wildman–Crippen MR) is 72.3 cm³/mol. The number of carbonyl (C=O) groups is 1. The van der Waals surface area contributed by atoms with E-state index in [9.17, 15) is 9.90 Å². The van der Waals surface area contributed by atoms with Gasteiger partial charge in [-0.25, -0.2) is 4.68 Å². The number of hydrogen-bond acceptors (Lipinski definition) is 5. The van der Waals surface area contributed by atoms with Crippen LogP contribution in [0, 0.1) is 0 Å². The van der Waals surface area contributed by atoms with E-state index in [4.69, 9.17) is 5.73 Å². The van der Waals surface area contributed by atoms with Crippen LogP contribution < -0.4 is 11.1 Å². The van der Waals surface area contributed by atoms with E-state index < -0.39 is 6.10 Å². The molecule has 0 saturated carbocycles. The fraction of sp³-hybridized carbons (Fsp3) is 0.308. The zero-order valence-electron chi connectivity index (χ0n) is 10.9. The molecule has 2 rings (SSSR count). The van der Waals surface area contributed by atoms with E-state index in [0.29, 0.717) is 5.69 Å². The van der Waals surface area contributed by atoms with Gasteiger partial charge in [-0.15, -0.1) is 5.10 Å². The van der Waals surface area contributed by atoms with Gasteiger partial charge in [-0.2, -0.15) is 0 Å². The molecule has 4 N–H and O–H groups in total. The molecule has 0 radical (unpaired) electrons. The lowest BCUT2D eigenvalue weighted by molar-refractivity contribution is -0.122. The number of aromatic nitrogens is 3. The first-order chi connectivity index (χ1) is 9.69. The molecule has 1 atom stereocenters. The van der Waals surface area contributed by atoms with E-state index in [1.807, 2.05) is 30.3 Å². The number of amides is 1. The van der Waals surface area contributed by atoms with Crippen LogP contribution in [0.4, 0.5) is 0 Å². The molecule has 0 aliphatic rings. The number of carbonyl (C=O) groups excluding carboxylic acids is 1. The summed E-state index contributed by atoms with van der Waals surface area (Å²) in [6.45, 7) is 0.490. The number of nitrogens with two attached hydrogens (primary N) is 1. The van der Waals surface area contributed by atoms with Crippen molar-refractivity contribution in [3.05, 3.63) is 47.8 Å². The van der Waals surface area contributed by atoms with E-state index in [1.54, 1.807) is 6.20 Å². The molecule has 0 bridgehead atoms. The number of aliphatic hydroxyl groups is 1. The highest BCUT2D eigenvalue weighted by molar-refractivity contribution is 5.75. The van der Waals surface area contributed by atoms with Crippen LogP contribution in [0.2, 0.25) is 0 Å². The second-order valence-electron chi connectivity index (χ2n) is 4.34. The summed E-state index contributed by atoms with van der Waals surface area (Å²) in [5.74, 6) is -0.242. The van der Waals surface area contributed by atoms with Crippen molar-refractivity contribution >= 4 is 5.91 Å². The van der Waals surface area contributed by atoms with Gasteiger partial charge in [0.2, 0.25) is 5.91 Å². The third kappa shape index (κ3) is 3.87. The molecule has 0 fully saturated rings. The van der Waals surface area contributed by atoms with Crippen molar-refractivity contribution in [3.63, 3.8) is 0 Å². The number of rotatable bonds is 6. The van der Waals surface area contributed by atoms with Crippen LogP contribution >= 0.6 is 0 Å². The standard InChI is InChI=1S/C13H17N5O2/c14-6-11-8-18(17-16-11)9-13(20)15-7-12(19)10-4-2-1-3-5-10/h1-5,8,12,19H,6-7,9,14H2,(H,15,20). The summed E-state index contributed by atoms with van der Waals surface area (Å²) in [4.78, 5) is 11.7. The molecule has 7 nitrogen and oxygen atoms in total. The zero-order chi connectivity index (χ0) is 14.4. The van der Waals surface area contributed by atoms with Crippen LogP contribution in [0.1, 0.15) is 17.4 Å². The first-order valence-electron chi connectivity index (χ1n) is 6.28. The smallest absolute Gasteiger partial charge is 0.241 e. The second kappa shape index (κ2) is 6.78. The Labute approximate surface area is 116 Å². The molecule has 1 aromatic carbocycles. The van der Waals surface area contributed by atoms with Crippen LogP contribution in [-0.2, 0) is 17.9 Å². The minimum atomic E-state index is -0.726. The van der Waals surface area contributed by atoms with E-state index in [2.05, 4.69) is 15.6 Å². The second-order valence-corrected chi connectivity index (χ2v) is 4.34. The van der Waals surface area contributed by atoms with Gasteiger partial charge in [0.15, 0.2) is 0 Å². The van der Waals surface area contributed by atoms with Crippen molar-refractivity contribution in [1.29, 1.82) is 0 Å². The van der Waals surface area contributed by atoms with Gasteiger partial charge in [-0.1, -0.05) is 35.5 Å². The molecule has 0 spiro atoms. The van der Waals surface area contributed by atoms with Crippen molar-refractivity contribution < 1.29 is 9.90 Å². The molecule has 0 aliphatic heterocycles. The maximum atomic E-state index is 11.7. The Morgan fingerprint density at radius 3 is 2.80 bits per heavy atom. The van der Waals surface area contributed by atoms with Crippen LogP contribution in [0.3, 0.4) is 0 Å². The molecule has 0 aliphatic carbocycles. The van der Waals surface area contributed by atoms with Crippen LogP contribution in [-0.4, -0.2) is 32.6 Å². The molecule has 1 unspecified atom stereocenters. The first-order valence-corrected chi connectivity index (χ1v) is 6.28. The van der Waals surface area contributed by atoms with E-state index in [1.165, 1.54) is 4.68 Å².